The zero-order valence-electron chi connectivity index (χ0n) is 12.7. The zero-order valence-corrected chi connectivity index (χ0v) is 13.4. The summed E-state index contributed by atoms with van der Waals surface area (Å²) in [6.45, 7) is 0.160. The van der Waals surface area contributed by atoms with Crippen molar-refractivity contribution in [2.45, 2.75) is 6.54 Å². The molecular formula is C15H15ClFN5O2. The molecule has 1 aromatic heterocycles. The van der Waals surface area contributed by atoms with Gasteiger partial charge in [0.2, 0.25) is 5.90 Å². The maximum atomic E-state index is 13.1. The molecule has 0 spiro atoms. The number of nitrogens with zero attached hydrogens (tertiary/aromatic N) is 1. The average molecular weight is 352 g/mol. The minimum Gasteiger partial charge on any atom is -0.481 e. The van der Waals surface area contributed by atoms with Gasteiger partial charge in [-0.15, -0.1) is 0 Å². The smallest absolute Gasteiger partial charge is 0.320 e. The van der Waals surface area contributed by atoms with Crippen LogP contribution >= 0.6 is 11.6 Å². The highest BCUT2D eigenvalue weighted by Crippen LogP contribution is 2.17. The Hall–Kier alpha value is -2.87. The number of nitrogens with one attached hydrogen (secondary N) is 3. The van der Waals surface area contributed by atoms with E-state index in [0.29, 0.717) is 11.1 Å². The number of hydrogen-bond donors (Lipinski definition) is 4. The molecule has 0 fully saturated rings. The lowest BCUT2D eigenvalue weighted by Gasteiger charge is -2.10. The van der Waals surface area contributed by atoms with Crippen molar-refractivity contribution >= 4 is 35.0 Å². The Morgan fingerprint density at radius 2 is 2.21 bits per heavy atom. The Kier molecular flexibility index (Phi) is 5.54. The molecule has 0 aliphatic carbocycles. The number of ether oxygens (including phenoxy) is 1. The Balaban J connectivity index is 1.96. The molecule has 1 aromatic carbocycles. The molecule has 2 rings (SSSR count). The van der Waals surface area contributed by atoms with Crippen molar-refractivity contribution in [3.05, 3.63) is 52.4 Å². The number of benzene rings is 1. The molecule has 2 aromatic rings. The summed E-state index contributed by atoms with van der Waals surface area (Å²) >= 11 is 5.67. The van der Waals surface area contributed by atoms with Gasteiger partial charge in [-0.1, -0.05) is 17.7 Å². The Morgan fingerprint density at radius 3 is 2.83 bits per heavy atom. The van der Waals surface area contributed by atoms with Gasteiger partial charge in [0.1, 0.15) is 11.6 Å². The van der Waals surface area contributed by atoms with Gasteiger partial charge in [0, 0.05) is 24.5 Å². The first kappa shape index (κ1) is 17.5. The van der Waals surface area contributed by atoms with Crippen molar-refractivity contribution in [2.75, 3.05) is 18.2 Å². The lowest BCUT2D eigenvalue weighted by molar-refractivity contribution is 0.251. The van der Waals surface area contributed by atoms with Crippen LogP contribution in [0.5, 0.6) is 0 Å². The quantitative estimate of drug-likeness (QED) is 0.501. The Bertz CT molecular complexity index is 784. The Morgan fingerprint density at radius 1 is 1.46 bits per heavy atom. The first-order valence-corrected chi connectivity index (χ1v) is 7.15. The number of carbonyl (C=O) groups is 1. The van der Waals surface area contributed by atoms with Gasteiger partial charge in [-0.2, -0.15) is 0 Å². The molecule has 9 heteroatoms. The number of urea groups is 1. The molecule has 0 radical (unpaired) electrons. The lowest BCUT2D eigenvalue weighted by Crippen LogP contribution is -2.28. The fourth-order valence-electron chi connectivity index (χ4n) is 1.83. The number of pyridine rings is 1. The van der Waals surface area contributed by atoms with Crippen molar-refractivity contribution in [2.24, 2.45) is 0 Å². The summed E-state index contributed by atoms with van der Waals surface area (Å²) in [5, 5.41) is 12.6. The van der Waals surface area contributed by atoms with Crippen LogP contribution in [0.2, 0.25) is 5.02 Å². The fourth-order valence-corrected chi connectivity index (χ4v) is 2.03. The van der Waals surface area contributed by atoms with Crippen molar-refractivity contribution in [1.82, 2.24) is 10.3 Å². The summed E-state index contributed by atoms with van der Waals surface area (Å²) < 4.78 is 17.8. The van der Waals surface area contributed by atoms with E-state index in [1.807, 2.05) is 0 Å². The highest BCUT2D eigenvalue weighted by Gasteiger charge is 2.10. The van der Waals surface area contributed by atoms with Crippen LogP contribution in [-0.2, 0) is 11.3 Å². The average Bonchev–Trinajstić information content (AvgIpc) is 2.55. The van der Waals surface area contributed by atoms with Gasteiger partial charge in [0.15, 0.2) is 0 Å². The van der Waals surface area contributed by atoms with Gasteiger partial charge >= 0.3 is 6.03 Å². The predicted molar refractivity (Wildman–Crippen MR) is 89.8 cm³/mol. The van der Waals surface area contributed by atoms with E-state index in [4.69, 9.17) is 27.5 Å². The van der Waals surface area contributed by atoms with Crippen LogP contribution in [0.25, 0.3) is 0 Å². The SMILES string of the molecule is COC(=N)c1cnc(NC(=O)NCc2ccc(F)c(Cl)c2)cc1N. The fraction of sp³-hybridized carbons (Fsp3) is 0.133. The summed E-state index contributed by atoms with van der Waals surface area (Å²) in [5.74, 6) is -0.426. The van der Waals surface area contributed by atoms with Crippen LogP contribution in [0.4, 0.5) is 20.7 Å². The number of aromatic nitrogens is 1. The van der Waals surface area contributed by atoms with Crippen LogP contribution in [0.1, 0.15) is 11.1 Å². The topological polar surface area (TPSA) is 113 Å². The third-order valence-electron chi connectivity index (χ3n) is 3.06. The van der Waals surface area contributed by atoms with E-state index in [1.165, 1.54) is 37.6 Å². The molecule has 0 aliphatic heterocycles. The van der Waals surface area contributed by atoms with Crippen LogP contribution in [0, 0.1) is 11.2 Å². The van der Waals surface area contributed by atoms with E-state index in [2.05, 4.69) is 15.6 Å². The van der Waals surface area contributed by atoms with E-state index >= 15 is 0 Å². The van der Waals surface area contributed by atoms with Crippen molar-refractivity contribution in [3.63, 3.8) is 0 Å². The van der Waals surface area contributed by atoms with Crippen LogP contribution in [0.15, 0.2) is 30.5 Å². The number of rotatable bonds is 4. The second-order valence-electron chi connectivity index (χ2n) is 4.75. The molecule has 7 nitrogen and oxygen atoms in total. The van der Waals surface area contributed by atoms with Crippen molar-refractivity contribution in [1.29, 1.82) is 5.41 Å². The van der Waals surface area contributed by atoms with E-state index in [1.54, 1.807) is 0 Å². The molecule has 0 bridgehead atoms. The Labute approximate surface area is 142 Å². The van der Waals surface area contributed by atoms with E-state index in [9.17, 15) is 9.18 Å². The molecule has 0 saturated heterocycles. The molecule has 5 N–H and O–H groups in total. The first-order valence-electron chi connectivity index (χ1n) is 6.78. The van der Waals surface area contributed by atoms with Gasteiger partial charge < -0.3 is 15.8 Å². The number of nitrogens with two attached hydrogens (primary N) is 1. The summed E-state index contributed by atoms with van der Waals surface area (Å²) in [6, 6.07) is 5.07. The van der Waals surface area contributed by atoms with E-state index in [0.717, 1.165) is 0 Å². The van der Waals surface area contributed by atoms with Crippen LogP contribution in [0.3, 0.4) is 0 Å². The predicted octanol–water partition coefficient (Wildman–Crippen LogP) is 2.75. The van der Waals surface area contributed by atoms with E-state index in [-0.39, 0.29) is 29.0 Å². The van der Waals surface area contributed by atoms with Gasteiger partial charge in [-0.25, -0.2) is 14.2 Å². The summed E-state index contributed by atoms with van der Waals surface area (Å²) in [4.78, 5) is 15.8. The maximum Gasteiger partial charge on any atom is 0.320 e. The van der Waals surface area contributed by atoms with Gasteiger partial charge in [0.25, 0.3) is 0 Å². The third-order valence-corrected chi connectivity index (χ3v) is 3.35. The monoisotopic (exact) mass is 351 g/mol. The molecule has 0 atom stereocenters. The molecule has 2 amide bonds. The van der Waals surface area contributed by atoms with Gasteiger partial charge in [-0.3, -0.25) is 10.7 Å². The highest BCUT2D eigenvalue weighted by atomic mass is 35.5. The number of methoxy groups -OCH3 is 1. The number of anilines is 2. The van der Waals surface area contributed by atoms with E-state index < -0.39 is 11.8 Å². The molecule has 0 saturated carbocycles. The second kappa shape index (κ2) is 7.60. The number of carbonyl (C=O) groups excluding carboxylic acids is 1. The molecule has 24 heavy (non-hydrogen) atoms. The molecule has 1 heterocycles. The van der Waals surface area contributed by atoms with Gasteiger partial charge in [-0.05, 0) is 17.7 Å². The number of halogens is 2. The molecular weight excluding hydrogens is 337 g/mol. The number of amides is 2. The minimum atomic E-state index is -0.522. The first-order chi connectivity index (χ1) is 11.4. The highest BCUT2D eigenvalue weighted by molar-refractivity contribution is 6.30. The second-order valence-corrected chi connectivity index (χ2v) is 5.15. The van der Waals surface area contributed by atoms with Crippen molar-refractivity contribution < 1.29 is 13.9 Å². The summed E-state index contributed by atoms with van der Waals surface area (Å²) in [7, 11) is 1.35. The summed E-state index contributed by atoms with van der Waals surface area (Å²) in [6.07, 6.45) is 1.33. The molecule has 126 valence electrons. The summed E-state index contributed by atoms with van der Waals surface area (Å²) in [5.41, 5.74) is 7.00. The number of nitrogen functional groups attached to an aromatic ring is 1. The number of hydrogen-bond acceptors (Lipinski definition) is 5. The minimum absolute atomic E-state index is 0.0136. The van der Waals surface area contributed by atoms with Crippen LogP contribution < -0.4 is 16.4 Å². The zero-order chi connectivity index (χ0) is 17.7. The van der Waals surface area contributed by atoms with Crippen LogP contribution in [-0.4, -0.2) is 24.0 Å². The molecule has 0 unspecified atom stereocenters. The standard InChI is InChI=1S/C15H15ClFN5O2/c1-24-14(19)9-7-20-13(5-12(9)18)22-15(23)21-6-8-2-3-11(17)10(16)4-8/h2-5,7,19H,6H2,1H3,(H4,18,20,21,22,23). The lowest BCUT2D eigenvalue weighted by atomic mass is 10.2. The third kappa shape index (κ3) is 4.32. The largest absolute Gasteiger partial charge is 0.481 e. The van der Waals surface area contributed by atoms with Crippen molar-refractivity contribution in [3.8, 4) is 0 Å². The van der Waals surface area contributed by atoms with Gasteiger partial charge in [0.05, 0.1) is 17.7 Å². The molecule has 0 aliphatic rings. The normalized spacial score (nSPS) is 10.1. The maximum absolute atomic E-state index is 13.1.